The highest BCUT2D eigenvalue weighted by molar-refractivity contribution is 9.10. The van der Waals surface area contributed by atoms with Crippen LogP contribution in [0.25, 0.3) is 0 Å². The molecule has 0 spiro atoms. The number of anilines is 4. The van der Waals surface area contributed by atoms with E-state index in [0.29, 0.717) is 24.2 Å². The quantitative estimate of drug-likeness (QED) is 0.282. The van der Waals surface area contributed by atoms with Crippen molar-refractivity contribution in [1.29, 1.82) is 0 Å². The van der Waals surface area contributed by atoms with Crippen molar-refractivity contribution in [2.75, 3.05) is 49.3 Å². The molecule has 3 aromatic rings. The minimum atomic E-state index is -0.577. The lowest BCUT2D eigenvalue weighted by atomic mass is 9.83. The van der Waals surface area contributed by atoms with E-state index in [1.807, 2.05) is 26.0 Å². The minimum absolute atomic E-state index is 0.0212. The van der Waals surface area contributed by atoms with Gasteiger partial charge in [-0.15, -0.1) is 0 Å². The van der Waals surface area contributed by atoms with Gasteiger partial charge in [-0.2, -0.15) is 4.98 Å². The summed E-state index contributed by atoms with van der Waals surface area (Å²) in [6.45, 7) is 10.6. The Morgan fingerprint density at radius 1 is 1.26 bits per heavy atom. The fourth-order valence-corrected chi connectivity index (χ4v) is 6.00. The van der Waals surface area contributed by atoms with E-state index in [2.05, 4.69) is 73.0 Å². The first-order chi connectivity index (χ1) is 18.8. The molecule has 0 unspecified atom stereocenters. The summed E-state index contributed by atoms with van der Waals surface area (Å²) in [5.41, 5.74) is 5.93. The topological polar surface area (TPSA) is 91.4 Å². The van der Waals surface area contributed by atoms with Crippen molar-refractivity contribution in [2.45, 2.75) is 51.5 Å². The number of hydrogen-bond donors (Lipinski definition) is 3. The van der Waals surface area contributed by atoms with Crippen LogP contribution < -0.4 is 16.0 Å². The number of carbonyl (C=O) groups excluding carboxylic acids is 1. The van der Waals surface area contributed by atoms with E-state index >= 15 is 0 Å². The number of amides is 1. The number of aromatic nitrogens is 2. The minimum Gasteiger partial charge on any atom is -0.383 e. The molecule has 1 aromatic heterocycles. The van der Waals surface area contributed by atoms with Gasteiger partial charge in [-0.25, -0.2) is 4.98 Å². The van der Waals surface area contributed by atoms with Gasteiger partial charge in [0.25, 0.3) is 0 Å². The third-order valence-corrected chi connectivity index (χ3v) is 8.45. The zero-order valence-electron chi connectivity index (χ0n) is 23.1. The van der Waals surface area contributed by atoms with Crippen LogP contribution in [-0.2, 0) is 21.5 Å². The zero-order chi connectivity index (χ0) is 27.6. The predicted molar refractivity (Wildman–Crippen MR) is 160 cm³/mol. The molecule has 2 aromatic carbocycles. The molecule has 9 heteroatoms. The van der Waals surface area contributed by atoms with Crippen LogP contribution >= 0.6 is 15.9 Å². The number of likely N-dealkylation sites (tertiary alicyclic amines) is 1. The Labute approximate surface area is 239 Å². The smallest absolute Gasteiger partial charge is 0.234 e. The van der Waals surface area contributed by atoms with Crippen LogP contribution in [0.2, 0.25) is 0 Å². The summed E-state index contributed by atoms with van der Waals surface area (Å²) < 4.78 is 6.05. The molecule has 2 aliphatic heterocycles. The Balaban J connectivity index is 1.27. The average Bonchev–Trinajstić information content (AvgIpc) is 3.17. The second-order valence-corrected chi connectivity index (χ2v) is 11.8. The number of fused-ring (bicyclic) bond motifs is 1. The monoisotopic (exact) mass is 592 g/mol. The molecule has 3 N–H and O–H groups in total. The van der Waals surface area contributed by atoms with Gasteiger partial charge in [0.1, 0.15) is 5.82 Å². The summed E-state index contributed by atoms with van der Waals surface area (Å²) in [6.07, 6.45) is 4.18. The highest BCUT2D eigenvalue weighted by Gasteiger charge is 2.39. The molecule has 3 heterocycles. The average molecular weight is 594 g/mol. The Kier molecular flexibility index (Phi) is 8.21. The number of halogens is 1. The lowest BCUT2D eigenvalue weighted by Gasteiger charge is -2.33. The van der Waals surface area contributed by atoms with Gasteiger partial charge in [-0.3, -0.25) is 4.79 Å². The van der Waals surface area contributed by atoms with E-state index in [4.69, 9.17) is 9.72 Å². The maximum Gasteiger partial charge on any atom is 0.234 e. The van der Waals surface area contributed by atoms with Gasteiger partial charge < -0.3 is 25.6 Å². The Morgan fingerprint density at radius 3 is 2.90 bits per heavy atom. The number of nitrogens with zero attached hydrogens (tertiary/aromatic N) is 3. The van der Waals surface area contributed by atoms with Crippen molar-refractivity contribution in [2.24, 2.45) is 0 Å². The molecule has 0 saturated carbocycles. The number of rotatable bonds is 9. The van der Waals surface area contributed by atoms with Crippen molar-refractivity contribution in [3.63, 3.8) is 0 Å². The summed E-state index contributed by atoms with van der Waals surface area (Å²) >= 11 is 3.58. The number of piperidine rings is 1. The number of ether oxygens (including phenoxy) is 1. The number of carbonyl (C=O) groups is 1. The predicted octanol–water partition coefficient (Wildman–Crippen LogP) is 5.96. The summed E-state index contributed by atoms with van der Waals surface area (Å²) in [5, 5.41) is 9.83. The van der Waals surface area contributed by atoms with Gasteiger partial charge in [0.2, 0.25) is 11.9 Å². The standard InChI is InChI=1S/C30H37BrN6O2/c1-19-15-20(22-8-6-12-37(18-22)13-14-39-4)10-11-24(19)35-29-33-17-23(31)27(36-29)32-16-21-7-5-9-25-26(21)30(2,3)28(38)34-25/h5,7,9-11,15,17,22H,6,8,12-14,16,18H2,1-4H3,(H,34,38)(H2,32,33,35,36)/t22-/m0/s1. The van der Waals surface area contributed by atoms with Gasteiger partial charge in [0.05, 0.1) is 16.5 Å². The summed E-state index contributed by atoms with van der Waals surface area (Å²) in [4.78, 5) is 24.2. The first-order valence-electron chi connectivity index (χ1n) is 13.6. The fourth-order valence-electron chi connectivity index (χ4n) is 5.66. The van der Waals surface area contributed by atoms with Crippen LogP contribution in [-0.4, -0.2) is 54.1 Å². The van der Waals surface area contributed by atoms with E-state index in [-0.39, 0.29) is 5.91 Å². The Morgan fingerprint density at radius 2 is 2.10 bits per heavy atom. The van der Waals surface area contributed by atoms with Crippen LogP contribution in [0.5, 0.6) is 0 Å². The fraction of sp³-hybridized carbons (Fsp3) is 0.433. The second kappa shape index (κ2) is 11.6. The molecule has 8 nitrogen and oxygen atoms in total. The van der Waals surface area contributed by atoms with Gasteiger partial charge in [0.15, 0.2) is 0 Å². The molecule has 2 aliphatic rings. The molecule has 1 amide bonds. The van der Waals surface area contributed by atoms with E-state index in [9.17, 15) is 4.79 Å². The Hall–Kier alpha value is -3.01. The maximum absolute atomic E-state index is 12.5. The van der Waals surface area contributed by atoms with E-state index in [0.717, 1.165) is 53.2 Å². The molecular formula is C30H37BrN6O2. The highest BCUT2D eigenvalue weighted by atomic mass is 79.9. The van der Waals surface area contributed by atoms with Crippen molar-refractivity contribution in [1.82, 2.24) is 14.9 Å². The number of aryl methyl sites for hydroxylation is 1. The first kappa shape index (κ1) is 27.6. The van der Waals surface area contributed by atoms with Crippen LogP contribution in [0.4, 0.5) is 23.1 Å². The maximum atomic E-state index is 12.5. The second-order valence-electron chi connectivity index (χ2n) is 11.0. The van der Waals surface area contributed by atoms with Crippen LogP contribution in [0, 0.1) is 6.92 Å². The van der Waals surface area contributed by atoms with Crippen molar-refractivity contribution < 1.29 is 9.53 Å². The zero-order valence-corrected chi connectivity index (χ0v) is 24.7. The van der Waals surface area contributed by atoms with Crippen molar-refractivity contribution in [3.05, 3.63) is 69.3 Å². The lowest BCUT2D eigenvalue weighted by molar-refractivity contribution is -0.119. The van der Waals surface area contributed by atoms with Crippen LogP contribution in [0.1, 0.15) is 54.9 Å². The molecule has 0 aliphatic carbocycles. The number of hydrogen-bond acceptors (Lipinski definition) is 7. The van der Waals surface area contributed by atoms with Gasteiger partial charge >= 0.3 is 0 Å². The summed E-state index contributed by atoms with van der Waals surface area (Å²) in [6, 6.07) is 12.6. The Bertz CT molecular complexity index is 1360. The highest BCUT2D eigenvalue weighted by Crippen LogP contribution is 2.40. The molecule has 0 radical (unpaired) electrons. The van der Waals surface area contributed by atoms with E-state index in [1.165, 1.54) is 24.0 Å². The van der Waals surface area contributed by atoms with Crippen LogP contribution in [0.15, 0.2) is 47.1 Å². The number of benzene rings is 2. The van der Waals surface area contributed by atoms with E-state index in [1.54, 1.807) is 13.3 Å². The molecule has 1 saturated heterocycles. The molecule has 1 fully saturated rings. The largest absolute Gasteiger partial charge is 0.383 e. The SMILES string of the molecule is COCCN1CCC[C@H](c2ccc(Nc3ncc(Br)c(NCc4cccc5c4C(C)(C)C(=O)N5)n3)c(C)c2)C1. The van der Waals surface area contributed by atoms with Gasteiger partial charge in [-0.1, -0.05) is 24.3 Å². The summed E-state index contributed by atoms with van der Waals surface area (Å²) in [7, 11) is 1.76. The summed E-state index contributed by atoms with van der Waals surface area (Å²) in [5.74, 6) is 1.77. The van der Waals surface area contributed by atoms with Gasteiger partial charge in [-0.05, 0) is 96.4 Å². The molecule has 0 bridgehead atoms. The molecule has 1 atom stereocenters. The lowest BCUT2D eigenvalue weighted by Crippen LogP contribution is -2.36. The molecular weight excluding hydrogens is 556 g/mol. The number of methoxy groups -OCH3 is 1. The van der Waals surface area contributed by atoms with Crippen LogP contribution in [0.3, 0.4) is 0 Å². The third-order valence-electron chi connectivity index (χ3n) is 7.87. The molecule has 5 rings (SSSR count). The first-order valence-corrected chi connectivity index (χ1v) is 14.3. The normalized spacial score (nSPS) is 18.5. The third kappa shape index (κ3) is 5.95. The van der Waals surface area contributed by atoms with E-state index < -0.39 is 5.41 Å². The van der Waals surface area contributed by atoms with Crippen molar-refractivity contribution >= 4 is 45.0 Å². The van der Waals surface area contributed by atoms with Crippen molar-refractivity contribution in [3.8, 4) is 0 Å². The molecule has 206 valence electrons. The number of nitrogens with one attached hydrogen (secondary N) is 3. The van der Waals surface area contributed by atoms with Gasteiger partial charge in [0, 0.05) is 44.3 Å². The molecule has 39 heavy (non-hydrogen) atoms.